The lowest BCUT2D eigenvalue weighted by molar-refractivity contribution is 0.453. The second kappa shape index (κ2) is 3.93. The van der Waals surface area contributed by atoms with E-state index in [1.54, 1.807) is 0 Å². The molecule has 94 valence electrons. The van der Waals surface area contributed by atoms with Gasteiger partial charge in [-0.3, -0.25) is 0 Å². The van der Waals surface area contributed by atoms with E-state index in [9.17, 15) is 0 Å². The minimum absolute atomic E-state index is 0.411. The number of nitrogens with two attached hydrogens (primary N) is 1. The summed E-state index contributed by atoms with van der Waals surface area (Å²) in [5.74, 6) is 1.49. The number of anilines is 1. The summed E-state index contributed by atoms with van der Waals surface area (Å²) in [7, 11) is 0. The van der Waals surface area contributed by atoms with Crippen molar-refractivity contribution in [2.45, 2.75) is 18.9 Å². The smallest absolute Gasteiger partial charge is 0.186 e. The van der Waals surface area contributed by atoms with Crippen molar-refractivity contribution >= 4 is 26.7 Å². The summed E-state index contributed by atoms with van der Waals surface area (Å²) in [5.41, 5.74) is 7.32. The quantitative estimate of drug-likeness (QED) is 0.855. The fourth-order valence-corrected chi connectivity index (χ4v) is 4.44. The average Bonchev–Trinajstić information content (AvgIpc) is 3.04. The van der Waals surface area contributed by atoms with Crippen LogP contribution in [0.4, 0.5) is 5.13 Å². The van der Waals surface area contributed by atoms with Crippen LogP contribution >= 0.6 is 11.3 Å². The number of rotatable bonds is 1. The van der Waals surface area contributed by atoms with E-state index in [0.29, 0.717) is 12.0 Å². The summed E-state index contributed by atoms with van der Waals surface area (Å²) < 4.78 is 1.29. The normalized spacial score (nSPS) is 31.2. The molecule has 0 radical (unpaired) electrons. The van der Waals surface area contributed by atoms with Gasteiger partial charge in [0.05, 0.1) is 10.2 Å². The molecule has 0 amide bonds. The zero-order valence-corrected chi connectivity index (χ0v) is 11.1. The van der Waals surface area contributed by atoms with Crippen LogP contribution in [0.3, 0.4) is 0 Å². The van der Waals surface area contributed by atoms with Crippen molar-refractivity contribution < 1.29 is 0 Å². The topological polar surface area (TPSA) is 42.1 Å². The second-order valence-corrected chi connectivity index (χ2v) is 6.54. The summed E-state index contributed by atoms with van der Waals surface area (Å²) in [4.78, 5) is 7.19. The molecule has 2 aliphatic rings. The molecule has 1 aromatic heterocycles. The minimum Gasteiger partial charge on any atom is -0.347 e. The van der Waals surface area contributed by atoms with Gasteiger partial charge in [0.15, 0.2) is 5.13 Å². The Kier molecular flexibility index (Phi) is 2.35. The minimum atomic E-state index is 0.411. The first-order valence-corrected chi connectivity index (χ1v) is 7.49. The third-order valence-corrected chi connectivity index (χ3v) is 5.56. The highest BCUT2D eigenvalue weighted by molar-refractivity contribution is 7.22. The Morgan fingerprint density at radius 1 is 1.22 bits per heavy atom. The van der Waals surface area contributed by atoms with Crippen LogP contribution in [0.25, 0.3) is 10.2 Å². The molecule has 1 aliphatic heterocycles. The van der Waals surface area contributed by atoms with Gasteiger partial charge in [-0.15, -0.1) is 0 Å². The molecule has 4 heteroatoms. The van der Waals surface area contributed by atoms with Crippen molar-refractivity contribution in [3.8, 4) is 0 Å². The van der Waals surface area contributed by atoms with Gasteiger partial charge < -0.3 is 10.6 Å². The molecule has 1 aromatic carbocycles. The van der Waals surface area contributed by atoms with Gasteiger partial charge in [-0.05, 0) is 36.8 Å². The number of nitrogens with zero attached hydrogens (tertiary/aromatic N) is 2. The Bertz CT molecular complexity index is 546. The highest BCUT2D eigenvalue weighted by Crippen LogP contribution is 2.40. The molecule has 1 saturated carbocycles. The molecule has 2 aromatic rings. The summed E-state index contributed by atoms with van der Waals surface area (Å²) in [5, 5.41) is 1.18. The number of para-hydroxylation sites is 1. The first kappa shape index (κ1) is 10.8. The molecule has 3 atom stereocenters. The first-order valence-electron chi connectivity index (χ1n) is 6.67. The van der Waals surface area contributed by atoms with Gasteiger partial charge in [0.1, 0.15) is 0 Å². The van der Waals surface area contributed by atoms with Gasteiger partial charge in [0.2, 0.25) is 0 Å². The van der Waals surface area contributed by atoms with Crippen LogP contribution in [0.1, 0.15) is 12.8 Å². The maximum atomic E-state index is 6.19. The van der Waals surface area contributed by atoms with Crippen LogP contribution in [0.2, 0.25) is 0 Å². The zero-order chi connectivity index (χ0) is 12.1. The summed E-state index contributed by atoms with van der Waals surface area (Å²) in [6.07, 6.45) is 2.51. The van der Waals surface area contributed by atoms with Crippen molar-refractivity contribution in [1.29, 1.82) is 0 Å². The van der Waals surface area contributed by atoms with Crippen molar-refractivity contribution in [2.24, 2.45) is 17.6 Å². The molecular weight excluding hydrogens is 242 g/mol. The van der Waals surface area contributed by atoms with Gasteiger partial charge >= 0.3 is 0 Å². The van der Waals surface area contributed by atoms with Crippen molar-refractivity contribution in [2.75, 3.05) is 18.0 Å². The number of hydrogen-bond acceptors (Lipinski definition) is 4. The van der Waals surface area contributed by atoms with Crippen molar-refractivity contribution in [3.63, 3.8) is 0 Å². The van der Waals surface area contributed by atoms with Crippen molar-refractivity contribution in [1.82, 2.24) is 4.98 Å². The molecule has 2 fully saturated rings. The SMILES string of the molecule is NC1CCC2CN(c3nc4ccccc4s3)CC12. The van der Waals surface area contributed by atoms with Crippen LogP contribution in [0.5, 0.6) is 0 Å². The van der Waals surface area contributed by atoms with E-state index < -0.39 is 0 Å². The molecular formula is C14H17N3S. The van der Waals surface area contributed by atoms with E-state index >= 15 is 0 Å². The molecule has 2 N–H and O–H groups in total. The number of benzene rings is 1. The molecule has 2 heterocycles. The predicted molar refractivity (Wildman–Crippen MR) is 76.0 cm³/mol. The molecule has 4 rings (SSSR count). The standard InChI is InChI=1S/C14H17N3S/c15-11-6-5-9-7-17(8-10(9)11)14-16-12-3-1-2-4-13(12)18-14/h1-4,9-11H,5-8,15H2. The third kappa shape index (κ3) is 1.56. The van der Waals surface area contributed by atoms with Gasteiger partial charge in [-0.2, -0.15) is 0 Å². The summed E-state index contributed by atoms with van der Waals surface area (Å²) in [6, 6.07) is 8.80. The molecule has 1 saturated heterocycles. The molecule has 0 bridgehead atoms. The van der Waals surface area contributed by atoms with Gasteiger partial charge in [0, 0.05) is 19.1 Å². The Hall–Kier alpha value is -1.13. The summed E-state index contributed by atoms with van der Waals surface area (Å²) in [6.45, 7) is 2.25. The average molecular weight is 259 g/mol. The molecule has 3 nitrogen and oxygen atoms in total. The lowest BCUT2D eigenvalue weighted by Crippen LogP contribution is -2.30. The van der Waals surface area contributed by atoms with E-state index in [-0.39, 0.29) is 0 Å². The Morgan fingerprint density at radius 2 is 2.11 bits per heavy atom. The molecule has 1 aliphatic carbocycles. The number of aromatic nitrogens is 1. The first-order chi connectivity index (χ1) is 8.81. The van der Waals surface area contributed by atoms with Crippen LogP contribution in [-0.2, 0) is 0 Å². The summed E-state index contributed by atoms with van der Waals surface area (Å²) >= 11 is 1.81. The van der Waals surface area contributed by atoms with Crippen LogP contribution in [0.15, 0.2) is 24.3 Å². The maximum Gasteiger partial charge on any atom is 0.186 e. The van der Waals surface area contributed by atoms with E-state index in [2.05, 4.69) is 29.2 Å². The predicted octanol–water partition coefficient (Wildman–Crippen LogP) is 2.47. The number of thiazole rings is 1. The van der Waals surface area contributed by atoms with Crippen LogP contribution in [0, 0.1) is 11.8 Å². The van der Waals surface area contributed by atoms with Crippen LogP contribution < -0.4 is 10.6 Å². The third-order valence-electron chi connectivity index (χ3n) is 4.47. The molecule has 18 heavy (non-hydrogen) atoms. The van der Waals surface area contributed by atoms with E-state index in [1.165, 1.54) is 22.7 Å². The zero-order valence-electron chi connectivity index (χ0n) is 10.2. The fourth-order valence-electron chi connectivity index (χ4n) is 3.46. The molecule has 3 unspecified atom stereocenters. The largest absolute Gasteiger partial charge is 0.347 e. The monoisotopic (exact) mass is 259 g/mol. The van der Waals surface area contributed by atoms with Gasteiger partial charge in [-0.1, -0.05) is 23.5 Å². The van der Waals surface area contributed by atoms with Gasteiger partial charge in [-0.25, -0.2) is 4.98 Å². The number of fused-ring (bicyclic) bond motifs is 2. The lowest BCUT2D eigenvalue weighted by atomic mass is 9.98. The Labute approximate surface area is 111 Å². The van der Waals surface area contributed by atoms with E-state index in [0.717, 1.165) is 24.5 Å². The highest BCUT2D eigenvalue weighted by atomic mass is 32.1. The second-order valence-electron chi connectivity index (χ2n) is 5.53. The fraction of sp³-hybridized carbons (Fsp3) is 0.500. The van der Waals surface area contributed by atoms with Gasteiger partial charge in [0.25, 0.3) is 0 Å². The number of hydrogen-bond donors (Lipinski definition) is 1. The Balaban J connectivity index is 1.64. The molecule has 0 spiro atoms. The van der Waals surface area contributed by atoms with Crippen LogP contribution in [-0.4, -0.2) is 24.1 Å². The van der Waals surface area contributed by atoms with E-state index in [1.807, 2.05) is 11.3 Å². The maximum absolute atomic E-state index is 6.19. The highest BCUT2D eigenvalue weighted by Gasteiger charge is 2.41. The Morgan fingerprint density at radius 3 is 2.94 bits per heavy atom. The van der Waals surface area contributed by atoms with E-state index in [4.69, 9.17) is 10.7 Å². The van der Waals surface area contributed by atoms with Crippen molar-refractivity contribution in [3.05, 3.63) is 24.3 Å². The lowest BCUT2D eigenvalue weighted by Gasteiger charge is -2.17.